The predicted molar refractivity (Wildman–Crippen MR) is 130 cm³/mol. The third kappa shape index (κ3) is 6.83. The van der Waals surface area contributed by atoms with E-state index in [-0.39, 0.29) is 34.3 Å². The molecule has 0 spiro atoms. The molecule has 1 amide bonds. The Kier molecular flexibility index (Phi) is 7.77. The summed E-state index contributed by atoms with van der Waals surface area (Å²) < 4.78 is 5.60. The zero-order chi connectivity index (χ0) is 24.0. The number of carbonyl (C=O) groups excluding carboxylic acids is 1. The first-order valence-corrected chi connectivity index (χ1v) is 11.1. The number of amides is 1. The molecule has 0 aromatic heterocycles. The molecule has 0 saturated heterocycles. The van der Waals surface area contributed by atoms with Gasteiger partial charge in [0.05, 0.1) is 0 Å². The summed E-state index contributed by atoms with van der Waals surface area (Å²) in [4.78, 5) is 26.3. The monoisotopic (exact) mass is 465 g/mol. The first kappa shape index (κ1) is 24.3. The van der Waals surface area contributed by atoms with Gasteiger partial charge in [-0.3, -0.25) is 4.79 Å². The van der Waals surface area contributed by atoms with Gasteiger partial charge in [0, 0.05) is 18.1 Å². The van der Waals surface area contributed by atoms with Crippen LogP contribution in [0.5, 0.6) is 5.75 Å². The Labute approximate surface area is 199 Å². The second-order valence-corrected chi connectivity index (χ2v) is 9.35. The van der Waals surface area contributed by atoms with Crippen LogP contribution in [0, 0.1) is 0 Å². The lowest BCUT2D eigenvalue weighted by molar-refractivity contribution is -0.134. The Morgan fingerprint density at radius 3 is 2.09 bits per heavy atom. The van der Waals surface area contributed by atoms with Crippen LogP contribution in [0.1, 0.15) is 47.8 Å². The second kappa shape index (κ2) is 10.5. The number of carboxylic acids is 1. The Morgan fingerprint density at radius 1 is 0.909 bits per heavy atom. The number of nitrogens with zero attached hydrogens (tertiary/aromatic N) is 1. The number of carbonyl (C=O) groups is 2. The SMILES string of the molecule is CC(C)(C)c1ccc(CN(Cc2ccccc2)C(=O)COc2ccc(Cl)cc2C(=O)O)cc1. The molecule has 6 heteroatoms. The van der Waals surface area contributed by atoms with E-state index in [2.05, 4.69) is 32.9 Å². The van der Waals surface area contributed by atoms with Gasteiger partial charge in [-0.2, -0.15) is 0 Å². The normalized spacial score (nSPS) is 11.2. The molecule has 0 fully saturated rings. The summed E-state index contributed by atoms with van der Waals surface area (Å²) in [6.45, 7) is 7.02. The van der Waals surface area contributed by atoms with E-state index in [1.54, 1.807) is 4.90 Å². The highest BCUT2D eigenvalue weighted by Crippen LogP contribution is 2.24. The number of rotatable bonds is 8. The zero-order valence-electron chi connectivity index (χ0n) is 19.0. The van der Waals surface area contributed by atoms with Crippen molar-refractivity contribution in [2.24, 2.45) is 0 Å². The van der Waals surface area contributed by atoms with Crippen LogP contribution < -0.4 is 4.74 Å². The molecule has 0 unspecified atom stereocenters. The number of aromatic carboxylic acids is 1. The summed E-state index contributed by atoms with van der Waals surface area (Å²) in [5.41, 5.74) is 3.19. The van der Waals surface area contributed by atoms with Crippen molar-refractivity contribution in [1.29, 1.82) is 0 Å². The molecule has 0 bridgehead atoms. The number of benzene rings is 3. The van der Waals surface area contributed by atoms with Gasteiger partial charge in [-0.15, -0.1) is 0 Å². The van der Waals surface area contributed by atoms with Crippen LogP contribution in [0.3, 0.4) is 0 Å². The van der Waals surface area contributed by atoms with Crippen molar-refractivity contribution in [2.75, 3.05) is 6.61 Å². The van der Waals surface area contributed by atoms with Gasteiger partial charge < -0.3 is 14.7 Å². The van der Waals surface area contributed by atoms with Crippen molar-refractivity contribution in [3.8, 4) is 5.75 Å². The van der Waals surface area contributed by atoms with E-state index >= 15 is 0 Å². The van der Waals surface area contributed by atoms with Gasteiger partial charge >= 0.3 is 5.97 Å². The Morgan fingerprint density at radius 2 is 1.52 bits per heavy atom. The molecule has 0 aliphatic heterocycles. The van der Waals surface area contributed by atoms with E-state index in [9.17, 15) is 14.7 Å². The summed E-state index contributed by atoms with van der Waals surface area (Å²) >= 11 is 5.90. The largest absolute Gasteiger partial charge is 0.483 e. The molecule has 33 heavy (non-hydrogen) atoms. The average molecular weight is 466 g/mol. The summed E-state index contributed by atoms with van der Waals surface area (Å²) in [5.74, 6) is -1.31. The molecular formula is C27H28ClNO4. The molecule has 3 aromatic rings. The van der Waals surface area contributed by atoms with Gasteiger partial charge in [-0.1, -0.05) is 87.0 Å². The summed E-state index contributed by atoms with van der Waals surface area (Å²) in [7, 11) is 0. The lowest BCUT2D eigenvalue weighted by Crippen LogP contribution is -2.34. The van der Waals surface area contributed by atoms with Gasteiger partial charge in [0.15, 0.2) is 6.61 Å². The Hall–Kier alpha value is -3.31. The van der Waals surface area contributed by atoms with Gasteiger partial charge in [-0.25, -0.2) is 4.79 Å². The highest BCUT2D eigenvalue weighted by atomic mass is 35.5. The highest BCUT2D eigenvalue weighted by Gasteiger charge is 2.19. The first-order valence-electron chi connectivity index (χ1n) is 10.7. The molecule has 3 aromatic carbocycles. The lowest BCUT2D eigenvalue weighted by Gasteiger charge is -2.24. The average Bonchev–Trinajstić information content (AvgIpc) is 2.78. The minimum atomic E-state index is -1.17. The van der Waals surface area contributed by atoms with Crippen LogP contribution in [0.25, 0.3) is 0 Å². The van der Waals surface area contributed by atoms with Gasteiger partial charge in [0.1, 0.15) is 11.3 Å². The number of hydrogen-bond donors (Lipinski definition) is 1. The summed E-state index contributed by atoms with van der Waals surface area (Å²) in [6.07, 6.45) is 0. The molecule has 3 rings (SSSR count). The van der Waals surface area contributed by atoms with E-state index in [1.807, 2.05) is 42.5 Å². The maximum Gasteiger partial charge on any atom is 0.339 e. The van der Waals surface area contributed by atoms with E-state index in [0.717, 1.165) is 11.1 Å². The quantitative estimate of drug-likeness (QED) is 0.446. The molecule has 0 heterocycles. The van der Waals surface area contributed by atoms with Crippen LogP contribution in [0.4, 0.5) is 0 Å². The van der Waals surface area contributed by atoms with E-state index in [1.165, 1.54) is 23.8 Å². The molecule has 0 atom stereocenters. The first-order chi connectivity index (χ1) is 15.6. The Bertz CT molecular complexity index is 1110. The van der Waals surface area contributed by atoms with Crippen molar-refractivity contribution in [2.45, 2.75) is 39.3 Å². The fourth-order valence-electron chi connectivity index (χ4n) is 3.39. The molecule has 1 N–H and O–H groups in total. The van der Waals surface area contributed by atoms with Crippen molar-refractivity contribution in [3.63, 3.8) is 0 Å². The standard InChI is InChI=1S/C27H28ClNO4/c1-27(2,3)21-11-9-20(10-12-21)17-29(16-19-7-5-4-6-8-19)25(30)18-33-24-14-13-22(28)15-23(24)26(31)32/h4-15H,16-18H2,1-3H3,(H,31,32). The number of ether oxygens (including phenoxy) is 1. The van der Waals surface area contributed by atoms with Crippen LogP contribution >= 0.6 is 11.6 Å². The Balaban J connectivity index is 1.78. The summed E-state index contributed by atoms with van der Waals surface area (Å²) in [5, 5.41) is 9.69. The zero-order valence-corrected chi connectivity index (χ0v) is 19.8. The second-order valence-electron chi connectivity index (χ2n) is 8.92. The minimum absolute atomic E-state index is 0.0480. The smallest absolute Gasteiger partial charge is 0.339 e. The van der Waals surface area contributed by atoms with E-state index in [0.29, 0.717) is 13.1 Å². The predicted octanol–water partition coefficient (Wildman–Crippen LogP) is 5.94. The third-order valence-electron chi connectivity index (χ3n) is 5.29. The van der Waals surface area contributed by atoms with Crippen LogP contribution in [0.2, 0.25) is 5.02 Å². The molecule has 5 nitrogen and oxygen atoms in total. The highest BCUT2D eigenvalue weighted by molar-refractivity contribution is 6.31. The van der Waals surface area contributed by atoms with E-state index in [4.69, 9.17) is 16.3 Å². The topological polar surface area (TPSA) is 66.8 Å². The van der Waals surface area contributed by atoms with E-state index < -0.39 is 5.97 Å². The number of halogens is 1. The molecule has 172 valence electrons. The fraction of sp³-hybridized carbons (Fsp3) is 0.259. The molecule has 0 saturated carbocycles. The fourth-order valence-corrected chi connectivity index (χ4v) is 3.56. The van der Waals surface area contributed by atoms with Gasteiger partial charge in [-0.05, 0) is 40.3 Å². The van der Waals surface area contributed by atoms with Crippen molar-refractivity contribution in [1.82, 2.24) is 4.90 Å². The lowest BCUT2D eigenvalue weighted by atomic mass is 9.87. The number of hydrogen-bond acceptors (Lipinski definition) is 3. The third-order valence-corrected chi connectivity index (χ3v) is 5.52. The van der Waals surface area contributed by atoms with Crippen LogP contribution in [-0.4, -0.2) is 28.5 Å². The van der Waals surface area contributed by atoms with Gasteiger partial charge in [0.25, 0.3) is 5.91 Å². The van der Waals surface area contributed by atoms with Crippen LogP contribution in [-0.2, 0) is 23.3 Å². The maximum absolute atomic E-state index is 13.1. The van der Waals surface area contributed by atoms with Crippen molar-refractivity contribution in [3.05, 3.63) is 100 Å². The van der Waals surface area contributed by atoms with Crippen molar-refractivity contribution >= 4 is 23.5 Å². The van der Waals surface area contributed by atoms with Crippen molar-refractivity contribution < 1.29 is 19.4 Å². The molecule has 0 aliphatic rings. The molecular weight excluding hydrogens is 438 g/mol. The minimum Gasteiger partial charge on any atom is -0.483 e. The van der Waals surface area contributed by atoms with Crippen LogP contribution in [0.15, 0.2) is 72.8 Å². The molecule has 0 radical (unpaired) electrons. The molecule has 0 aliphatic carbocycles. The number of carboxylic acid groups (broad SMARTS) is 1. The van der Waals surface area contributed by atoms with Gasteiger partial charge in [0.2, 0.25) is 0 Å². The maximum atomic E-state index is 13.1. The summed E-state index contributed by atoms with van der Waals surface area (Å²) in [6, 6.07) is 22.3.